The fourth-order valence-corrected chi connectivity index (χ4v) is 3.94. The number of hydrogen-bond donors (Lipinski definition) is 4. The van der Waals surface area contributed by atoms with Crippen LogP contribution in [-0.4, -0.2) is 72.1 Å². The van der Waals surface area contributed by atoms with Crippen molar-refractivity contribution >= 4 is 70.5 Å². The molecule has 39 heavy (non-hydrogen) atoms. The van der Waals surface area contributed by atoms with Crippen LogP contribution >= 0.6 is 11.6 Å². The largest absolute Gasteiger partial charge is 0.481 e. The summed E-state index contributed by atoms with van der Waals surface area (Å²) in [4.78, 5) is 88.3. The van der Waals surface area contributed by atoms with E-state index in [0.717, 1.165) is 4.90 Å². The van der Waals surface area contributed by atoms with Crippen LogP contribution in [0.1, 0.15) is 13.3 Å². The summed E-state index contributed by atoms with van der Waals surface area (Å²) in [7, 11) is 0. The first-order chi connectivity index (χ1) is 18.5. The molecule has 0 radical (unpaired) electrons. The molecular weight excluding hydrogens is 534 g/mol. The lowest BCUT2D eigenvalue weighted by molar-refractivity contribution is -0.139. The molecular formula is C25H24ClN5O8. The average molecular weight is 558 g/mol. The highest BCUT2D eigenvalue weighted by Crippen LogP contribution is 2.32. The Labute approximate surface area is 227 Å². The highest BCUT2D eigenvalue weighted by Gasteiger charge is 2.37. The summed E-state index contributed by atoms with van der Waals surface area (Å²) in [5.74, 6) is -5.75. The predicted molar refractivity (Wildman–Crippen MR) is 139 cm³/mol. The molecule has 4 N–H and O–H groups in total. The minimum absolute atomic E-state index is 0.149. The van der Waals surface area contributed by atoms with Gasteiger partial charge in [0.15, 0.2) is 0 Å². The Morgan fingerprint density at radius 2 is 1.69 bits per heavy atom. The molecule has 0 bridgehead atoms. The number of carbonyl (C=O) groups excluding carboxylic acids is 6. The van der Waals surface area contributed by atoms with E-state index in [2.05, 4.69) is 16.0 Å². The molecule has 3 rings (SSSR count). The number of aliphatic carboxylic acids is 1. The summed E-state index contributed by atoms with van der Waals surface area (Å²) < 4.78 is 0. The van der Waals surface area contributed by atoms with Crippen LogP contribution < -0.4 is 25.8 Å². The summed E-state index contributed by atoms with van der Waals surface area (Å²) in [5.41, 5.74) is 0.677. The third-order valence-corrected chi connectivity index (χ3v) is 5.85. The molecule has 2 aromatic rings. The second-order valence-corrected chi connectivity index (χ2v) is 8.87. The summed E-state index contributed by atoms with van der Waals surface area (Å²) in [6.07, 6.45) is -0.413. The molecule has 0 aromatic heterocycles. The molecule has 5 amide bonds. The quantitative estimate of drug-likeness (QED) is 0.264. The number of rotatable bonds is 8. The Bertz CT molecular complexity index is 1320. The number of aldehydes is 1. The van der Waals surface area contributed by atoms with E-state index in [1.165, 1.54) is 48.2 Å². The van der Waals surface area contributed by atoms with Crippen molar-refractivity contribution in [1.29, 1.82) is 0 Å². The van der Waals surface area contributed by atoms with E-state index < -0.39 is 60.6 Å². The maximum Gasteiger partial charge on any atom is 0.313 e. The zero-order valence-corrected chi connectivity index (χ0v) is 21.3. The van der Waals surface area contributed by atoms with Crippen molar-refractivity contribution in [1.82, 2.24) is 10.6 Å². The maximum atomic E-state index is 13.6. The molecule has 1 aliphatic heterocycles. The van der Waals surface area contributed by atoms with Crippen molar-refractivity contribution in [2.24, 2.45) is 0 Å². The van der Waals surface area contributed by atoms with E-state index in [0.29, 0.717) is 5.02 Å². The van der Waals surface area contributed by atoms with Gasteiger partial charge in [0.25, 0.3) is 5.91 Å². The maximum absolute atomic E-state index is 13.6. The average Bonchev–Trinajstić information content (AvgIpc) is 3.00. The Kier molecular flexibility index (Phi) is 9.33. The molecule has 13 nitrogen and oxygen atoms in total. The molecule has 0 spiro atoms. The number of hydrogen-bond acceptors (Lipinski definition) is 7. The van der Waals surface area contributed by atoms with Crippen LogP contribution in [0, 0.1) is 0 Å². The molecule has 0 aliphatic carbocycles. The van der Waals surface area contributed by atoms with E-state index in [1.54, 1.807) is 12.1 Å². The van der Waals surface area contributed by atoms with Crippen molar-refractivity contribution < 1.29 is 38.7 Å². The first-order valence-electron chi connectivity index (χ1n) is 11.5. The lowest BCUT2D eigenvalue weighted by Crippen LogP contribution is -2.56. The first-order valence-corrected chi connectivity index (χ1v) is 11.9. The van der Waals surface area contributed by atoms with Gasteiger partial charge in [-0.2, -0.15) is 0 Å². The normalized spacial score (nSPS) is 15.3. The van der Waals surface area contributed by atoms with E-state index >= 15 is 0 Å². The molecule has 2 unspecified atom stereocenters. The number of anilines is 3. The van der Waals surface area contributed by atoms with Gasteiger partial charge in [0, 0.05) is 17.6 Å². The van der Waals surface area contributed by atoms with Crippen LogP contribution in [0.4, 0.5) is 17.1 Å². The van der Waals surface area contributed by atoms with Gasteiger partial charge in [-0.3, -0.25) is 33.7 Å². The van der Waals surface area contributed by atoms with Gasteiger partial charge >= 0.3 is 17.8 Å². The second kappa shape index (κ2) is 12.6. The fourth-order valence-electron chi connectivity index (χ4n) is 3.82. The van der Waals surface area contributed by atoms with Crippen LogP contribution in [-0.2, 0) is 33.6 Å². The minimum atomic E-state index is -1.45. The predicted octanol–water partition coefficient (Wildman–Crippen LogP) is 0.321. The topological polar surface area (TPSA) is 182 Å². The second-order valence-electron chi connectivity index (χ2n) is 8.44. The summed E-state index contributed by atoms with van der Waals surface area (Å²) in [5, 5.41) is 16.2. The van der Waals surface area contributed by atoms with Gasteiger partial charge in [-0.25, -0.2) is 0 Å². The lowest BCUT2D eigenvalue weighted by Gasteiger charge is -2.25. The first kappa shape index (κ1) is 28.8. The number of carbonyl (C=O) groups is 7. The Morgan fingerprint density at radius 1 is 1.05 bits per heavy atom. The number of halogens is 1. The highest BCUT2D eigenvalue weighted by atomic mass is 35.5. The molecule has 0 saturated carbocycles. The number of fused-ring (bicyclic) bond motifs is 1. The molecule has 204 valence electrons. The Balaban J connectivity index is 1.87. The molecule has 1 heterocycles. The third kappa shape index (κ3) is 7.38. The van der Waals surface area contributed by atoms with Crippen molar-refractivity contribution in [3.63, 3.8) is 0 Å². The molecule has 0 saturated heterocycles. The Morgan fingerprint density at radius 3 is 2.28 bits per heavy atom. The van der Waals surface area contributed by atoms with Gasteiger partial charge in [-0.05, 0) is 36.4 Å². The van der Waals surface area contributed by atoms with Crippen LogP contribution in [0.15, 0.2) is 48.5 Å². The fraction of sp³-hybridized carbons (Fsp3) is 0.240. The van der Waals surface area contributed by atoms with Crippen molar-refractivity contribution in [3.8, 4) is 0 Å². The van der Waals surface area contributed by atoms with Crippen molar-refractivity contribution in [3.05, 3.63) is 53.6 Å². The van der Waals surface area contributed by atoms with Gasteiger partial charge in [-0.1, -0.05) is 23.7 Å². The number of benzene rings is 2. The summed E-state index contributed by atoms with van der Waals surface area (Å²) >= 11 is 5.82. The smallest absolute Gasteiger partial charge is 0.313 e. The van der Waals surface area contributed by atoms with E-state index in [9.17, 15) is 33.6 Å². The SMILES string of the molecule is CC(=O)N1CC(NC(=O)C(=O)Nc2ccc(Cl)cc2)C(=O)N(CC(=O)NC(C=O)CC(=O)O)c2ccccc21. The van der Waals surface area contributed by atoms with Gasteiger partial charge in [0.2, 0.25) is 11.8 Å². The Hall–Kier alpha value is -4.78. The van der Waals surface area contributed by atoms with E-state index in [-0.39, 0.29) is 29.9 Å². The third-order valence-electron chi connectivity index (χ3n) is 5.59. The number of carboxylic acid groups (broad SMARTS) is 1. The monoisotopic (exact) mass is 557 g/mol. The molecule has 1 aliphatic rings. The molecule has 2 aromatic carbocycles. The lowest BCUT2D eigenvalue weighted by atomic mass is 10.2. The van der Waals surface area contributed by atoms with Gasteiger partial charge < -0.3 is 30.8 Å². The van der Waals surface area contributed by atoms with Gasteiger partial charge in [-0.15, -0.1) is 0 Å². The zero-order valence-electron chi connectivity index (χ0n) is 20.5. The van der Waals surface area contributed by atoms with Crippen LogP contribution in [0.2, 0.25) is 5.02 Å². The standard InChI is InChI=1S/C25H24ClN5O8/c1-14(33)30-11-18(29-24(38)23(37)28-16-8-6-15(26)7-9-16)25(39)31(20-5-3-2-4-19(20)30)12-21(34)27-17(13-32)10-22(35)36/h2-9,13,17-18H,10-12H2,1H3,(H,27,34)(H,28,37)(H,29,38)(H,35,36). The molecule has 0 fully saturated rings. The zero-order chi connectivity index (χ0) is 28.7. The number of amides is 5. The molecule has 2 atom stereocenters. The van der Waals surface area contributed by atoms with Crippen molar-refractivity contribution in [2.45, 2.75) is 25.4 Å². The number of para-hydroxylation sites is 2. The van der Waals surface area contributed by atoms with Crippen LogP contribution in [0.5, 0.6) is 0 Å². The highest BCUT2D eigenvalue weighted by molar-refractivity contribution is 6.40. The van der Waals surface area contributed by atoms with E-state index in [4.69, 9.17) is 16.7 Å². The van der Waals surface area contributed by atoms with Crippen molar-refractivity contribution in [2.75, 3.05) is 28.2 Å². The van der Waals surface area contributed by atoms with Gasteiger partial charge in [0.1, 0.15) is 18.9 Å². The number of nitrogens with zero attached hydrogens (tertiary/aromatic N) is 2. The summed E-state index contributed by atoms with van der Waals surface area (Å²) in [6, 6.07) is 9.32. The van der Waals surface area contributed by atoms with Crippen LogP contribution in [0.3, 0.4) is 0 Å². The summed E-state index contributed by atoms with van der Waals surface area (Å²) in [6.45, 7) is 0.227. The number of nitrogens with one attached hydrogen (secondary N) is 3. The number of carboxylic acids is 1. The van der Waals surface area contributed by atoms with E-state index in [1.807, 2.05) is 0 Å². The minimum Gasteiger partial charge on any atom is -0.481 e. The molecule has 14 heteroatoms. The van der Waals surface area contributed by atoms with Crippen LogP contribution in [0.25, 0.3) is 0 Å². The van der Waals surface area contributed by atoms with Gasteiger partial charge in [0.05, 0.1) is 30.4 Å².